The fourth-order valence-electron chi connectivity index (χ4n) is 5.13. The summed E-state index contributed by atoms with van der Waals surface area (Å²) in [4.78, 5) is 28.0. The van der Waals surface area contributed by atoms with Crippen LogP contribution < -0.4 is 11.1 Å². The van der Waals surface area contributed by atoms with Crippen LogP contribution in [-0.4, -0.2) is 28.8 Å². The first-order valence-electron chi connectivity index (χ1n) is 12.5. The van der Waals surface area contributed by atoms with E-state index >= 15 is 0 Å². The molecular weight excluding hydrogens is 424 g/mol. The number of carbonyl (C=O) groups excluding carboxylic acids is 2. The number of benzene rings is 2. The van der Waals surface area contributed by atoms with E-state index in [0.717, 1.165) is 62.6 Å². The summed E-state index contributed by atoms with van der Waals surface area (Å²) in [5.74, 6) is 0.204. The Morgan fingerprint density at radius 2 is 1.56 bits per heavy atom. The lowest BCUT2D eigenvalue weighted by molar-refractivity contribution is -0.120. The van der Waals surface area contributed by atoms with Gasteiger partial charge in [-0.25, -0.2) is 0 Å². The molecule has 2 aliphatic carbocycles. The molecule has 3 N–H and O–H groups in total. The molecule has 6 heteroatoms. The molecule has 2 aromatic carbocycles. The van der Waals surface area contributed by atoms with Crippen molar-refractivity contribution in [3.05, 3.63) is 65.2 Å². The highest BCUT2D eigenvalue weighted by Crippen LogP contribution is 2.27. The second-order valence-electron chi connectivity index (χ2n) is 9.71. The van der Waals surface area contributed by atoms with Crippen LogP contribution in [0.1, 0.15) is 79.3 Å². The third kappa shape index (κ3) is 6.03. The summed E-state index contributed by atoms with van der Waals surface area (Å²) in [6.45, 7) is 0.496. The molecule has 2 aromatic rings. The van der Waals surface area contributed by atoms with Gasteiger partial charge in [-0.15, -0.1) is 0 Å². The molecule has 0 unspecified atom stereocenters. The van der Waals surface area contributed by atoms with Gasteiger partial charge in [0.1, 0.15) is 0 Å². The number of amides is 2. The lowest BCUT2D eigenvalue weighted by Crippen LogP contribution is -2.43. The Hall–Kier alpha value is -3.17. The smallest absolute Gasteiger partial charge is 0.254 e. The predicted octanol–water partition coefficient (Wildman–Crippen LogP) is 4.99. The van der Waals surface area contributed by atoms with Gasteiger partial charge in [0.2, 0.25) is 5.91 Å². The largest absolute Gasteiger partial charge is 0.331 e. The standard InChI is InChI=1S/C28H34N4O2/c29-18-20-6-10-23(11-7-20)28(34)32(26-16-12-24(30)13-17-26)19-21-8-14-25(15-9-21)31-27(33)22-4-2-1-3-5-22/h6-11,14-15,22,24,26H,1-5,12-13,16-17,19,30H2,(H,31,33). The van der Waals surface area contributed by atoms with Gasteiger partial charge < -0.3 is 16.0 Å². The fourth-order valence-corrected chi connectivity index (χ4v) is 5.13. The van der Waals surface area contributed by atoms with E-state index in [4.69, 9.17) is 11.0 Å². The molecule has 0 aromatic heterocycles. The number of hydrogen-bond donors (Lipinski definition) is 2. The van der Waals surface area contributed by atoms with E-state index in [1.807, 2.05) is 29.2 Å². The summed E-state index contributed by atoms with van der Waals surface area (Å²) >= 11 is 0. The van der Waals surface area contributed by atoms with Crippen LogP contribution in [0.25, 0.3) is 0 Å². The quantitative estimate of drug-likeness (QED) is 0.637. The summed E-state index contributed by atoms with van der Waals surface area (Å²) in [5.41, 5.74) is 9.06. The Morgan fingerprint density at radius 1 is 0.912 bits per heavy atom. The zero-order chi connectivity index (χ0) is 23.9. The Morgan fingerprint density at radius 3 is 2.18 bits per heavy atom. The first-order chi connectivity index (χ1) is 16.5. The normalized spacial score (nSPS) is 20.8. The molecule has 0 atom stereocenters. The number of nitrogens with one attached hydrogen (secondary N) is 1. The SMILES string of the molecule is N#Cc1ccc(C(=O)N(Cc2ccc(NC(=O)C3CCCCC3)cc2)C2CCC(N)CC2)cc1. The lowest BCUT2D eigenvalue weighted by atomic mass is 9.88. The van der Waals surface area contributed by atoms with Crippen LogP contribution in [0, 0.1) is 17.2 Å². The molecule has 0 saturated heterocycles. The van der Waals surface area contributed by atoms with Gasteiger partial charge >= 0.3 is 0 Å². The number of nitrogens with zero attached hydrogens (tertiary/aromatic N) is 2. The average molecular weight is 459 g/mol. The second kappa shape index (κ2) is 11.3. The van der Waals surface area contributed by atoms with Crippen LogP contribution in [-0.2, 0) is 11.3 Å². The van der Waals surface area contributed by atoms with Crippen molar-refractivity contribution in [2.75, 3.05) is 5.32 Å². The van der Waals surface area contributed by atoms with Gasteiger partial charge in [-0.3, -0.25) is 9.59 Å². The molecule has 2 saturated carbocycles. The highest BCUT2D eigenvalue weighted by atomic mass is 16.2. The summed E-state index contributed by atoms with van der Waals surface area (Å²) in [7, 11) is 0. The van der Waals surface area contributed by atoms with E-state index in [1.54, 1.807) is 24.3 Å². The van der Waals surface area contributed by atoms with Crippen LogP contribution in [0.5, 0.6) is 0 Å². The molecule has 2 fully saturated rings. The Labute approximate surface area is 202 Å². The van der Waals surface area contributed by atoms with Crippen molar-refractivity contribution in [1.29, 1.82) is 5.26 Å². The fraction of sp³-hybridized carbons (Fsp3) is 0.464. The van der Waals surface area contributed by atoms with Crippen molar-refractivity contribution in [3.63, 3.8) is 0 Å². The Balaban J connectivity index is 1.46. The van der Waals surface area contributed by atoms with Crippen molar-refractivity contribution >= 4 is 17.5 Å². The number of hydrogen-bond acceptors (Lipinski definition) is 4. The minimum atomic E-state index is -0.0281. The molecule has 0 aliphatic heterocycles. The van der Waals surface area contributed by atoms with E-state index in [-0.39, 0.29) is 29.8 Å². The maximum atomic E-state index is 13.5. The van der Waals surface area contributed by atoms with E-state index in [0.29, 0.717) is 17.7 Å². The van der Waals surface area contributed by atoms with Crippen LogP contribution in [0.3, 0.4) is 0 Å². The Kier molecular flexibility index (Phi) is 7.97. The summed E-state index contributed by atoms with van der Waals surface area (Å²) < 4.78 is 0. The zero-order valence-corrected chi connectivity index (χ0v) is 19.7. The molecule has 0 bridgehead atoms. The molecule has 6 nitrogen and oxygen atoms in total. The van der Waals surface area contributed by atoms with E-state index in [1.165, 1.54) is 6.42 Å². The maximum absolute atomic E-state index is 13.5. The lowest BCUT2D eigenvalue weighted by Gasteiger charge is -2.36. The highest BCUT2D eigenvalue weighted by molar-refractivity contribution is 5.94. The third-order valence-corrected chi connectivity index (χ3v) is 7.25. The molecule has 0 spiro atoms. The highest BCUT2D eigenvalue weighted by Gasteiger charge is 2.28. The first-order valence-corrected chi connectivity index (χ1v) is 12.5. The number of anilines is 1. The predicted molar refractivity (Wildman–Crippen MR) is 133 cm³/mol. The van der Waals surface area contributed by atoms with Gasteiger partial charge in [0, 0.05) is 35.8 Å². The molecule has 34 heavy (non-hydrogen) atoms. The van der Waals surface area contributed by atoms with E-state index < -0.39 is 0 Å². The van der Waals surface area contributed by atoms with Crippen molar-refractivity contribution < 1.29 is 9.59 Å². The molecule has 2 aliphatic rings. The molecule has 178 valence electrons. The molecular formula is C28H34N4O2. The number of rotatable bonds is 6. The third-order valence-electron chi connectivity index (χ3n) is 7.25. The monoisotopic (exact) mass is 458 g/mol. The van der Waals surface area contributed by atoms with Crippen molar-refractivity contribution in [2.24, 2.45) is 11.7 Å². The topological polar surface area (TPSA) is 99.2 Å². The zero-order valence-electron chi connectivity index (χ0n) is 19.7. The summed E-state index contributed by atoms with van der Waals surface area (Å²) in [6.07, 6.45) is 9.03. The van der Waals surface area contributed by atoms with Gasteiger partial charge in [-0.2, -0.15) is 5.26 Å². The second-order valence-corrected chi connectivity index (χ2v) is 9.71. The van der Waals surface area contributed by atoms with Crippen LogP contribution in [0.4, 0.5) is 5.69 Å². The number of nitrogens with two attached hydrogens (primary N) is 1. The average Bonchev–Trinajstić information content (AvgIpc) is 2.89. The first kappa shape index (κ1) is 24.0. The minimum absolute atomic E-state index is 0.0281. The number of carbonyl (C=O) groups is 2. The van der Waals surface area contributed by atoms with Crippen LogP contribution in [0.2, 0.25) is 0 Å². The van der Waals surface area contributed by atoms with Crippen molar-refractivity contribution in [1.82, 2.24) is 4.90 Å². The van der Waals surface area contributed by atoms with E-state index in [2.05, 4.69) is 11.4 Å². The summed E-state index contributed by atoms with van der Waals surface area (Å²) in [5, 5.41) is 12.1. The van der Waals surface area contributed by atoms with Crippen LogP contribution >= 0.6 is 0 Å². The van der Waals surface area contributed by atoms with Gasteiger partial charge in [0.25, 0.3) is 5.91 Å². The van der Waals surface area contributed by atoms with Gasteiger partial charge in [0.15, 0.2) is 0 Å². The van der Waals surface area contributed by atoms with Gasteiger partial charge in [-0.1, -0.05) is 31.4 Å². The molecule has 0 radical (unpaired) electrons. The summed E-state index contributed by atoms with van der Waals surface area (Å²) in [6, 6.07) is 17.1. The van der Waals surface area contributed by atoms with Crippen molar-refractivity contribution in [2.45, 2.75) is 76.4 Å². The van der Waals surface area contributed by atoms with Gasteiger partial charge in [0.05, 0.1) is 11.6 Å². The molecule has 0 heterocycles. The minimum Gasteiger partial charge on any atom is -0.331 e. The molecule has 4 rings (SSSR count). The van der Waals surface area contributed by atoms with Crippen molar-refractivity contribution in [3.8, 4) is 6.07 Å². The van der Waals surface area contributed by atoms with Gasteiger partial charge in [-0.05, 0) is 80.5 Å². The Bertz CT molecular complexity index is 1010. The molecule has 2 amide bonds. The van der Waals surface area contributed by atoms with Crippen LogP contribution in [0.15, 0.2) is 48.5 Å². The van der Waals surface area contributed by atoms with E-state index in [9.17, 15) is 9.59 Å². The number of nitriles is 1. The maximum Gasteiger partial charge on any atom is 0.254 e.